The van der Waals surface area contributed by atoms with Crippen molar-refractivity contribution in [3.63, 3.8) is 0 Å². The molecule has 0 radical (unpaired) electrons. The molecule has 4 heteroatoms. The van der Waals surface area contributed by atoms with Gasteiger partial charge in [-0.15, -0.1) is 0 Å². The average Bonchev–Trinajstić information content (AvgIpc) is 2.18. The monoisotopic (exact) mass is 195 g/mol. The van der Waals surface area contributed by atoms with Gasteiger partial charge in [-0.25, -0.2) is 0 Å². The topological polar surface area (TPSA) is 61.5 Å². The lowest BCUT2D eigenvalue weighted by Crippen LogP contribution is -2.11. The van der Waals surface area contributed by atoms with Gasteiger partial charge in [0.1, 0.15) is 5.75 Å². The molecule has 76 valence electrons. The van der Waals surface area contributed by atoms with E-state index in [9.17, 15) is 4.79 Å². The zero-order chi connectivity index (χ0) is 10.6. The van der Waals surface area contributed by atoms with Gasteiger partial charge < -0.3 is 15.2 Å². The SMILES string of the molecule is COCc1ccc(C(N)=O)cc1OC. The Morgan fingerprint density at radius 3 is 2.64 bits per heavy atom. The third-order valence-corrected chi connectivity index (χ3v) is 1.87. The minimum Gasteiger partial charge on any atom is -0.496 e. The van der Waals surface area contributed by atoms with Crippen LogP contribution in [0.2, 0.25) is 0 Å². The summed E-state index contributed by atoms with van der Waals surface area (Å²) in [6, 6.07) is 5.03. The van der Waals surface area contributed by atoms with Crippen molar-refractivity contribution in [2.24, 2.45) is 5.73 Å². The highest BCUT2D eigenvalue weighted by molar-refractivity contribution is 5.93. The Morgan fingerprint density at radius 2 is 2.14 bits per heavy atom. The highest BCUT2D eigenvalue weighted by Gasteiger charge is 2.06. The van der Waals surface area contributed by atoms with Crippen LogP contribution in [0.15, 0.2) is 18.2 Å². The third kappa shape index (κ3) is 2.23. The van der Waals surface area contributed by atoms with Gasteiger partial charge in [-0.1, -0.05) is 6.07 Å². The Labute approximate surface area is 82.6 Å². The molecule has 0 aliphatic heterocycles. The largest absolute Gasteiger partial charge is 0.496 e. The van der Waals surface area contributed by atoms with Crippen molar-refractivity contribution >= 4 is 5.91 Å². The van der Waals surface area contributed by atoms with Crippen LogP contribution in [-0.2, 0) is 11.3 Å². The maximum atomic E-state index is 10.9. The maximum Gasteiger partial charge on any atom is 0.248 e. The van der Waals surface area contributed by atoms with Crippen molar-refractivity contribution in [1.29, 1.82) is 0 Å². The quantitative estimate of drug-likeness (QED) is 0.777. The minimum absolute atomic E-state index is 0.432. The van der Waals surface area contributed by atoms with E-state index in [-0.39, 0.29) is 0 Å². The fraction of sp³-hybridized carbons (Fsp3) is 0.300. The summed E-state index contributed by atoms with van der Waals surface area (Å²) in [5.74, 6) is 0.149. The second-order valence-electron chi connectivity index (χ2n) is 2.82. The molecule has 0 saturated carbocycles. The summed E-state index contributed by atoms with van der Waals surface area (Å²) in [6.45, 7) is 0.447. The van der Waals surface area contributed by atoms with Crippen molar-refractivity contribution in [1.82, 2.24) is 0 Å². The second-order valence-corrected chi connectivity index (χ2v) is 2.82. The number of carbonyl (C=O) groups excluding carboxylic acids is 1. The summed E-state index contributed by atoms with van der Waals surface area (Å²) in [4.78, 5) is 10.9. The van der Waals surface area contributed by atoms with Gasteiger partial charge in [-0.05, 0) is 12.1 Å². The van der Waals surface area contributed by atoms with Crippen molar-refractivity contribution in [2.75, 3.05) is 14.2 Å². The number of amides is 1. The molecular formula is C10H13NO3. The minimum atomic E-state index is -0.465. The fourth-order valence-corrected chi connectivity index (χ4v) is 1.17. The van der Waals surface area contributed by atoms with E-state index in [2.05, 4.69) is 0 Å². The first-order valence-electron chi connectivity index (χ1n) is 4.14. The molecule has 1 amide bonds. The second kappa shape index (κ2) is 4.62. The van der Waals surface area contributed by atoms with E-state index >= 15 is 0 Å². The van der Waals surface area contributed by atoms with Crippen LogP contribution in [0.1, 0.15) is 15.9 Å². The van der Waals surface area contributed by atoms with Crippen LogP contribution in [0.5, 0.6) is 5.75 Å². The van der Waals surface area contributed by atoms with Crippen LogP contribution >= 0.6 is 0 Å². The molecule has 0 unspecified atom stereocenters. The first-order chi connectivity index (χ1) is 6.69. The van der Waals surface area contributed by atoms with E-state index in [0.29, 0.717) is 17.9 Å². The van der Waals surface area contributed by atoms with Crippen LogP contribution in [0, 0.1) is 0 Å². The molecule has 0 aliphatic rings. The highest BCUT2D eigenvalue weighted by Crippen LogP contribution is 2.20. The van der Waals surface area contributed by atoms with Crippen molar-refractivity contribution in [3.8, 4) is 5.75 Å². The summed E-state index contributed by atoms with van der Waals surface area (Å²) in [6.07, 6.45) is 0. The first-order valence-corrected chi connectivity index (χ1v) is 4.14. The van der Waals surface area contributed by atoms with Gasteiger partial charge in [-0.2, -0.15) is 0 Å². The lowest BCUT2D eigenvalue weighted by atomic mass is 10.1. The number of ether oxygens (including phenoxy) is 2. The number of nitrogens with two attached hydrogens (primary N) is 1. The molecule has 0 bridgehead atoms. The summed E-state index contributed by atoms with van der Waals surface area (Å²) < 4.78 is 10.1. The van der Waals surface area contributed by atoms with E-state index in [1.807, 2.05) is 0 Å². The van der Waals surface area contributed by atoms with Gasteiger partial charge in [0.25, 0.3) is 0 Å². The zero-order valence-electron chi connectivity index (χ0n) is 8.24. The summed E-state index contributed by atoms with van der Waals surface area (Å²) in [7, 11) is 3.14. The van der Waals surface area contributed by atoms with E-state index in [1.54, 1.807) is 32.4 Å². The first kappa shape index (κ1) is 10.5. The number of rotatable bonds is 4. The van der Waals surface area contributed by atoms with Crippen LogP contribution in [0.4, 0.5) is 0 Å². The number of hydrogen-bond donors (Lipinski definition) is 1. The lowest BCUT2D eigenvalue weighted by molar-refractivity contribution is 0.1000. The molecule has 14 heavy (non-hydrogen) atoms. The summed E-state index contributed by atoms with van der Waals surface area (Å²) >= 11 is 0. The molecule has 1 aromatic carbocycles. The molecule has 0 fully saturated rings. The fourth-order valence-electron chi connectivity index (χ4n) is 1.17. The molecule has 1 aromatic rings. The number of hydrogen-bond acceptors (Lipinski definition) is 3. The number of carbonyl (C=O) groups is 1. The molecule has 0 aliphatic carbocycles. The van der Waals surface area contributed by atoms with Crippen LogP contribution in [0.25, 0.3) is 0 Å². The predicted octanol–water partition coefficient (Wildman–Crippen LogP) is 0.941. The summed E-state index contributed by atoms with van der Waals surface area (Å²) in [5, 5.41) is 0. The molecule has 0 saturated heterocycles. The van der Waals surface area contributed by atoms with Gasteiger partial charge in [-0.3, -0.25) is 4.79 Å². The van der Waals surface area contributed by atoms with Gasteiger partial charge >= 0.3 is 0 Å². The number of benzene rings is 1. The smallest absolute Gasteiger partial charge is 0.248 e. The molecule has 0 spiro atoms. The maximum absolute atomic E-state index is 10.9. The normalized spacial score (nSPS) is 9.86. The van der Waals surface area contributed by atoms with Crippen molar-refractivity contribution in [2.45, 2.75) is 6.61 Å². The van der Waals surface area contributed by atoms with E-state index in [4.69, 9.17) is 15.2 Å². The Morgan fingerprint density at radius 1 is 1.43 bits per heavy atom. The Hall–Kier alpha value is -1.55. The van der Waals surface area contributed by atoms with Gasteiger partial charge in [0.2, 0.25) is 5.91 Å². The summed E-state index contributed by atoms with van der Waals surface area (Å²) in [5.41, 5.74) is 6.46. The molecule has 1 rings (SSSR count). The lowest BCUT2D eigenvalue weighted by Gasteiger charge is -2.08. The molecule has 0 heterocycles. The molecule has 0 aromatic heterocycles. The molecular weight excluding hydrogens is 182 g/mol. The van der Waals surface area contributed by atoms with Gasteiger partial charge in [0.15, 0.2) is 0 Å². The average molecular weight is 195 g/mol. The van der Waals surface area contributed by atoms with Crippen LogP contribution in [-0.4, -0.2) is 20.1 Å². The van der Waals surface area contributed by atoms with E-state index in [1.165, 1.54) is 0 Å². The Kier molecular flexibility index (Phi) is 3.48. The zero-order valence-corrected chi connectivity index (χ0v) is 8.24. The highest BCUT2D eigenvalue weighted by atomic mass is 16.5. The van der Waals surface area contributed by atoms with E-state index < -0.39 is 5.91 Å². The Balaban J connectivity index is 3.04. The number of primary amides is 1. The van der Waals surface area contributed by atoms with Gasteiger partial charge in [0, 0.05) is 18.2 Å². The molecule has 2 N–H and O–H groups in total. The van der Waals surface area contributed by atoms with Crippen molar-refractivity contribution < 1.29 is 14.3 Å². The van der Waals surface area contributed by atoms with Crippen molar-refractivity contribution in [3.05, 3.63) is 29.3 Å². The third-order valence-electron chi connectivity index (χ3n) is 1.87. The van der Waals surface area contributed by atoms with E-state index in [0.717, 1.165) is 5.56 Å². The standard InChI is InChI=1S/C10H13NO3/c1-13-6-8-4-3-7(10(11)12)5-9(8)14-2/h3-5H,6H2,1-2H3,(H2,11,12). The molecule has 4 nitrogen and oxygen atoms in total. The predicted molar refractivity (Wildman–Crippen MR) is 52.2 cm³/mol. The van der Waals surface area contributed by atoms with Crippen LogP contribution in [0.3, 0.4) is 0 Å². The Bertz CT molecular complexity index is 336. The van der Waals surface area contributed by atoms with Gasteiger partial charge in [0.05, 0.1) is 13.7 Å². The van der Waals surface area contributed by atoms with Crippen LogP contribution < -0.4 is 10.5 Å². The molecule has 0 atom stereocenters. The number of methoxy groups -OCH3 is 2.